The van der Waals surface area contributed by atoms with Crippen LogP contribution in [0.25, 0.3) is 0 Å². The van der Waals surface area contributed by atoms with Crippen LogP contribution in [0.2, 0.25) is 0 Å². The molecule has 0 aliphatic heterocycles. The Morgan fingerprint density at radius 2 is 1.94 bits per heavy atom. The first kappa shape index (κ1) is 13.6. The van der Waals surface area contributed by atoms with Crippen molar-refractivity contribution in [2.24, 2.45) is 5.92 Å². The second-order valence-electron chi connectivity index (χ2n) is 5.37. The minimum Gasteiger partial charge on any atom is -0.376 e. The van der Waals surface area contributed by atoms with Crippen LogP contribution in [0.3, 0.4) is 0 Å². The van der Waals surface area contributed by atoms with E-state index in [1.807, 2.05) is 7.05 Å². The Morgan fingerprint density at radius 3 is 2.72 bits per heavy atom. The lowest BCUT2D eigenvalue weighted by Crippen LogP contribution is -2.13. The summed E-state index contributed by atoms with van der Waals surface area (Å²) in [6.45, 7) is 2.63. The molecule has 0 atom stereocenters. The van der Waals surface area contributed by atoms with Crippen LogP contribution in [-0.2, 0) is 17.9 Å². The lowest BCUT2D eigenvalue weighted by Gasteiger charge is -2.21. The second kappa shape index (κ2) is 7.55. The first-order valence-electron chi connectivity index (χ1n) is 7.18. The number of ether oxygens (including phenoxy) is 1. The van der Waals surface area contributed by atoms with E-state index in [4.69, 9.17) is 4.74 Å². The van der Waals surface area contributed by atoms with Crippen LogP contribution < -0.4 is 5.32 Å². The zero-order chi connectivity index (χ0) is 12.6. The van der Waals surface area contributed by atoms with E-state index in [1.165, 1.54) is 43.2 Å². The van der Waals surface area contributed by atoms with Gasteiger partial charge in [-0.1, -0.05) is 43.5 Å². The van der Waals surface area contributed by atoms with Gasteiger partial charge in [-0.15, -0.1) is 0 Å². The highest BCUT2D eigenvalue weighted by Gasteiger charge is 2.13. The molecule has 0 spiro atoms. The van der Waals surface area contributed by atoms with E-state index in [9.17, 15) is 0 Å². The molecule has 2 nitrogen and oxygen atoms in total. The molecule has 18 heavy (non-hydrogen) atoms. The van der Waals surface area contributed by atoms with Gasteiger partial charge in [-0.3, -0.25) is 0 Å². The van der Waals surface area contributed by atoms with E-state index < -0.39 is 0 Å². The molecular formula is C16H25NO. The molecule has 100 valence electrons. The van der Waals surface area contributed by atoms with Gasteiger partial charge in [0, 0.05) is 13.2 Å². The highest BCUT2D eigenvalue weighted by Crippen LogP contribution is 2.24. The van der Waals surface area contributed by atoms with Crippen molar-refractivity contribution in [3.05, 3.63) is 35.4 Å². The number of rotatable bonds is 6. The minimum atomic E-state index is 0.758. The molecule has 2 rings (SSSR count). The molecule has 0 heterocycles. The van der Waals surface area contributed by atoms with Gasteiger partial charge < -0.3 is 10.1 Å². The molecule has 1 saturated carbocycles. The maximum Gasteiger partial charge on any atom is 0.0717 e. The summed E-state index contributed by atoms with van der Waals surface area (Å²) in [7, 11) is 1.98. The molecule has 0 radical (unpaired) electrons. The Labute approximate surface area is 111 Å². The summed E-state index contributed by atoms with van der Waals surface area (Å²) in [5.74, 6) is 0.805. The molecule has 1 fully saturated rings. The van der Waals surface area contributed by atoms with E-state index in [-0.39, 0.29) is 0 Å². The zero-order valence-electron chi connectivity index (χ0n) is 11.5. The summed E-state index contributed by atoms with van der Waals surface area (Å²) in [5.41, 5.74) is 2.62. The van der Waals surface area contributed by atoms with Gasteiger partial charge in [-0.05, 0) is 36.9 Å². The topological polar surface area (TPSA) is 21.3 Å². The molecule has 0 unspecified atom stereocenters. The molecule has 1 aliphatic rings. The molecule has 0 aromatic heterocycles. The molecule has 0 saturated heterocycles. The Hall–Kier alpha value is -0.860. The molecule has 1 N–H and O–H groups in total. The number of nitrogens with one attached hydrogen (secondary N) is 1. The van der Waals surface area contributed by atoms with E-state index in [1.54, 1.807) is 0 Å². The van der Waals surface area contributed by atoms with Crippen molar-refractivity contribution in [2.45, 2.75) is 45.3 Å². The highest BCUT2D eigenvalue weighted by molar-refractivity contribution is 5.22. The lowest BCUT2D eigenvalue weighted by molar-refractivity contribution is 0.0739. The Bertz CT molecular complexity index is 345. The average molecular weight is 247 g/mol. The fourth-order valence-corrected chi connectivity index (χ4v) is 2.73. The van der Waals surface area contributed by atoms with E-state index in [0.29, 0.717) is 0 Å². The standard InChI is InChI=1S/C16H25NO/c1-17-11-15-8-5-9-16(10-15)13-18-12-14-6-3-2-4-7-14/h5,8-10,14,17H,2-4,6-7,11-13H2,1H3. The van der Waals surface area contributed by atoms with Gasteiger partial charge in [-0.2, -0.15) is 0 Å². The van der Waals surface area contributed by atoms with Gasteiger partial charge >= 0.3 is 0 Å². The highest BCUT2D eigenvalue weighted by atomic mass is 16.5. The van der Waals surface area contributed by atoms with Crippen molar-refractivity contribution in [3.8, 4) is 0 Å². The molecule has 1 aliphatic carbocycles. The van der Waals surface area contributed by atoms with Gasteiger partial charge in [0.2, 0.25) is 0 Å². The van der Waals surface area contributed by atoms with Crippen LogP contribution in [0.5, 0.6) is 0 Å². The summed E-state index contributed by atoms with van der Waals surface area (Å²) in [5, 5.41) is 3.18. The number of hydrogen-bond donors (Lipinski definition) is 1. The van der Waals surface area contributed by atoms with Gasteiger partial charge in [0.15, 0.2) is 0 Å². The Kier molecular flexibility index (Phi) is 5.69. The van der Waals surface area contributed by atoms with E-state index in [0.717, 1.165) is 25.7 Å². The first-order chi connectivity index (χ1) is 8.88. The van der Waals surface area contributed by atoms with Gasteiger partial charge in [-0.25, -0.2) is 0 Å². The molecule has 1 aromatic rings. The third-order valence-electron chi connectivity index (χ3n) is 3.72. The fourth-order valence-electron chi connectivity index (χ4n) is 2.73. The molecule has 2 heteroatoms. The smallest absolute Gasteiger partial charge is 0.0717 e. The van der Waals surface area contributed by atoms with Crippen LogP contribution in [0.1, 0.15) is 43.2 Å². The predicted octanol–water partition coefficient (Wildman–Crippen LogP) is 3.50. The van der Waals surface area contributed by atoms with Gasteiger partial charge in [0.25, 0.3) is 0 Å². The van der Waals surface area contributed by atoms with Crippen LogP contribution in [0.4, 0.5) is 0 Å². The Balaban J connectivity index is 1.73. The van der Waals surface area contributed by atoms with Crippen LogP contribution in [0.15, 0.2) is 24.3 Å². The van der Waals surface area contributed by atoms with Crippen LogP contribution in [0, 0.1) is 5.92 Å². The predicted molar refractivity (Wildman–Crippen MR) is 75.4 cm³/mol. The third-order valence-corrected chi connectivity index (χ3v) is 3.72. The molecule has 1 aromatic carbocycles. The summed E-state index contributed by atoms with van der Waals surface area (Å²) in [4.78, 5) is 0. The SMILES string of the molecule is CNCc1cccc(COCC2CCCCC2)c1. The quantitative estimate of drug-likeness (QED) is 0.830. The van der Waals surface area contributed by atoms with E-state index in [2.05, 4.69) is 29.6 Å². The summed E-state index contributed by atoms with van der Waals surface area (Å²) >= 11 is 0. The number of benzene rings is 1. The lowest BCUT2D eigenvalue weighted by atomic mass is 9.90. The summed E-state index contributed by atoms with van der Waals surface area (Å²) < 4.78 is 5.87. The van der Waals surface area contributed by atoms with Crippen LogP contribution >= 0.6 is 0 Å². The van der Waals surface area contributed by atoms with Crippen molar-refractivity contribution >= 4 is 0 Å². The number of hydrogen-bond acceptors (Lipinski definition) is 2. The Morgan fingerprint density at radius 1 is 1.17 bits per heavy atom. The fraction of sp³-hybridized carbons (Fsp3) is 0.625. The summed E-state index contributed by atoms with van der Waals surface area (Å²) in [6.07, 6.45) is 6.93. The summed E-state index contributed by atoms with van der Waals surface area (Å²) in [6, 6.07) is 8.66. The minimum absolute atomic E-state index is 0.758. The van der Waals surface area contributed by atoms with Gasteiger partial charge in [0.05, 0.1) is 6.61 Å². The molecule has 0 amide bonds. The van der Waals surface area contributed by atoms with Crippen molar-refractivity contribution < 1.29 is 4.74 Å². The second-order valence-corrected chi connectivity index (χ2v) is 5.37. The monoisotopic (exact) mass is 247 g/mol. The normalized spacial score (nSPS) is 16.9. The molecule has 0 bridgehead atoms. The largest absolute Gasteiger partial charge is 0.376 e. The van der Waals surface area contributed by atoms with Crippen LogP contribution in [-0.4, -0.2) is 13.7 Å². The zero-order valence-corrected chi connectivity index (χ0v) is 11.5. The first-order valence-corrected chi connectivity index (χ1v) is 7.18. The average Bonchev–Trinajstić information content (AvgIpc) is 2.41. The van der Waals surface area contributed by atoms with Crippen molar-refractivity contribution in [2.75, 3.05) is 13.7 Å². The maximum atomic E-state index is 5.87. The van der Waals surface area contributed by atoms with Gasteiger partial charge in [0.1, 0.15) is 0 Å². The van der Waals surface area contributed by atoms with Crippen molar-refractivity contribution in [3.63, 3.8) is 0 Å². The maximum absolute atomic E-state index is 5.87. The third kappa shape index (κ3) is 4.43. The van der Waals surface area contributed by atoms with Crippen molar-refractivity contribution in [1.29, 1.82) is 0 Å². The van der Waals surface area contributed by atoms with Crippen molar-refractivity contribution in [1.82, 2.24) is 5.32 Å². The van der Waals surface area contributed by atoms with E-state index >= 15 is 0 Å². The molecular weight excluding hydrogens is 222 g/mol.